The third-order valence-corrected chi connectivity index (χ3v) is 2.56. The maximum atomic E-state index is 5.20. The van der Waals surface area contributed by atoms with Crippen molar-refractivity contribution >= 4 is 0 Å². The number of hydrogen-bond acceptors (Lipinski definition) is 1. The van der Waals surface area contributed by atoms with E-state index in [-0.39, 0.29) is 0 Å². The van der Waals surface area contributed by atoms with Crippen LogP contribution in [0.4, 0.5) is 0 Å². The van der Waals surface area contributed by atoms with E-state index in [9.17, 15) is 0 Å². The van der Waals surface area contributed by atoms with Crippen molar-refractivity contribution < 1.29 is 0 Å². The molecule has 1 saturated carbocycles. The van der Waals surface area contributed by atoms with Crippen LogP contribution < -0.4 is 0 Å². The summed E-state index contributed by atoms with van der Waals surface area (Å²) in [5.41, 5.74) is 0. The van der Waals surface area contributed by atoms with E-state index >= 15 is 0 Å². The molecular formula is C10H17N. The molecule has 0 atom stereocenters. The lowest BCUT2D eigenvalue weighted by molar-refractivity contribution is 0.251. The summed E-state index contributed by atoms with van der Waals surface area (Å²) in [6.07, 6.45) is 11.7. The fourth-order valence-electron chi connectivity index (χ4n) is 1.77. The van der Waals surface area contributed by atoms with E-state index in [1.807, 2.05) is 0 Å². The lowest BCUT2D eigenvalue weighted by Gasteiger charge is -2.22. The van der Waals surface area contributed by atoms with Crippen molar-refractivity contribution in [1.82, 2.24) is 4.90 Å². The average molecular weight is 151 g/mol. The van der Waals surface area contributed by atoms with Gasteiger partial charge in [-0.3, -0.25) is 0 Å². The van der Waals surface area contributed by atoms with Gasteiger partial charge in [0.2, 0.25) is 0 Å². The third-order valence-electron chi connectivity index (χ3n) is 2.56. The van der Waals surface area contributed by atoms with Gasteiger partial charge in [0.15, 0.2) is 0 Å². The molecule has 0 unspecified atom stereocenters. The van der Waals surface area contributed by atoms with E-state index in [4.69, 9.17) is 6.42 Å². The summed E-state index contributed by atoms with van der Waals surface area (Å²) in [7, 11) is 2.19. The summed E-state index contributed by atoms with van der Waals surface area (Å²) in [5.74, 6) is 2.68. The van der Waals surface area contributed by atoms with Gasteiger partial charge in [-0.25, -0.2) is 0 Å². The van der Waals surface area contributed by atoms with Gasteiger partial charge in [0.25, 0.3) is 0 Å². The van der Waals surface area contributed by atoms with E-state index in [0.29, 0.717) is 0 Å². The zero-order valence-corrected chi connectivity index (χ0v) is 7.34. The summed E-state index contributed by atoms with van der Waals surface area (Å²) >= 11 is 0. The van der Waals surface area contributed by atoms with Crippen molar-refractivity contribution in [3.05, 3.63) is 0 Å². The van der Waals surface area contributed by atoms with Crippen LogP contribution in [-0.2, 0) is 0 Å². The first kappa shape index (κ1) is 8.62. The molecule has 0 N–H and O–H groups in total. The molecule has 0 heterocycles. The molecular weight excluding hydrogens is 134 g/mol. The summed E-state index contributed by atoms with van der Waals surface area (Å²) in [6.45, 7) is 1.07. The van der Waals surface area contributed by atoms with Gasteiger partial charge in [-0.1, -0.05) is 12.8 Å². The van der Waals surface area contributed by atoms with Crippen molar-refractivity contribution in [3.63, 3.8) is 0 Å². The summed E-state index contributed by atoms with van der Waals surface area (Å²) < 4.78 is 0. The van der Waals surface area contributed by atoms with Crippen molar-refractivity contribution in [2.24, 2.45) is 0 Å². The maximum Gasteiger partial charge on any atom is 0.0214 e. The first-order chi connectivity index (χ1) is 5.34. The Hall–Kier alpha value is -0.480. The predicted octanol–water partition coefficient (Wildman–Crippen LogP) is 1.88. The van der Waals surface area contributed by atoms with Gasteiger partial charge < -0.3 is 4.90 Å². The predicted molar refractivity (Wildman–Crippen MR) is 48.3 cm³/mol. The van der Waals surface area contributed by atoms with Crippen LogP contribution in [0, 0.1) is 12.3 Å². The molecule has 1 aliphatic carbocycles. The lowest BCUT2D eigenvalue weighted by atomic mass is 10.2. The maximum absolute atomic E-state index is 5.20. The van der Waals surface area contributed by atoms with Crippen LogP contribution >= 0.6 is 0 Å². The van der Waals surface area contributed by atoms with Crippen LogP contribution in [0.3, 0.4) is 0 Å². The molecule has 0 aromatic heterocycles. The fraction of sp³-hybridized carbons (Fsp3) is 0.800. The first-order valence-electron chi connectivity index (χ1n) is 4.48. The SMILES string of the molecule is C#CCCN(C)C1CCCC1. The monoisotopic (exact) mass is 151 g/mol. The Bertz CT molecular complexity index is 139. The minimum atomic E-state index is 0.823. The lowest BCUT2D eigenvalue weighted by Crippen LogP contribution is -2.29. The Balaban J connectivity index is 2.18. The molecule has 0 radical (unpaired) electrons. The van der Waals surface area contributed by atoms with Crippen molar-refractivity contribution in [3.8, 4) is 12.3 Å². The van der Waals surface area contributed by atoms with Gasteiger partial charge in [0.1, 0.15) is 0 Å². The van der Waals surface area contributed by atoms with Gasteiger partial charge in [-0.05, 0) is 19.9 Å². The molecule has 0 aromatic carbocycles. The summed E-state index contributed by atoms with van der Waals surface area (Å²) in [5, 5.41) is 0. The number of nitrogens with zero attached hydrogens (tertiary/aromatic N) is 1. The molecule has 1 aliphatic rings. The first-order valence-corrected chi connectivity index (χ1v) is 4.48. The largest absolute Gasteiger partial charge is 0.302 e. The van der Waals surface area contributed by atoms with Gasteiger partial charge in [0.05, 0.1) is 0 Å². The second-order valence-electron chi connectivity index (χ2n) is 3.37. The third kappa shape index (κ3) is 2.55. The molecule has 0 saturated heterocycles. The topological polar surface area (TPSA) is 3.24 Å². The molecule has 0 amide bonds. The summed E-state index contributed by atoms with van der Waals surface area (Å²) in [6, 6.07) is 0.823. The van der Waals surface area contributed by atoms with Crippen LogP contribution in [0.25, 0.3) is 0 Å². The van der Waals surface area contributed by atoms with Gasteiger partial charge in [0, 0.05) is 19.0 Å². The van der Waals surface area contributed by atoms with E-state index in [1.54, 1.807) is 0 Å². The molecule has 0 aromatic rings. The highest BCUT2D eigenvalue weighted by Gasteiger charge is 2.18. The second-order valence-corrected chi connectivity index (χ2v) is 3.37. The highest BCUT2D eigenvalue weighted by molar-refractivity contribution is 4.86. The number of hydrogen-bond donors (Lipinski definition) is 0. The zero-order chi connectivity index (χ0) is 8.10. The molecule has 1 rings (SSSR count). The van der Waals surface area contributed by atoms with Crippen LogP contribution in [0.1, 0.15) is 32.1 Å². The van der Waals surface area contributed by atoms with Crippen molar-refractivity contribution in [2.75, 3.05) is 13.6 Å². The van der Waals surface area contributed by atoms with Crippen LogP contribution in [0.15, 0.2) is 0 Å². The van der Waals surface area contributed by atoms with Gasteiger partial charge in [-0.2, -0.15) is 0 Å². The Morgan fingerprint density at radius 2 is 2.09 bits per heavy atom. The molecule has 0 aliphatic heterocycles. The smallest absolute Gasteiger partial charge is 0.0214 e. The quantitative estimate of drug-likeness (QED) is 0.557. The normalized spacial score (nSPS) is 19.0. The number of rotatable bonds is 3. The zero-order valence-electron chi connectivity index (χ0n) is 7.34. The Morgan fingerprint density at radius 1 is 1.45 bits per heavy atom. The Kier molecular flexibility index (Phi) is 3.45. The molecule has 1 nitrogen and oxygen atoms in total. The highest BCUT2D eigenvalue weighted by atomic mass is 15.1. The fourth-order valence-corrected chi connectivity index (χ4v) is 1.77. The summed E-state index contributed by atoms with van der Waals surface area (Å²) in [4.78, 5) is 2.41. The van der Waals surface area contributed by atoms with Crippen molar-refractivity contribution in [1.29, 1.82) is 0 Å². The molecule has 0 spiro atoms. The van der Waals surface area contributed by atoms with Gasteiger partial charge in [-0.15, -0.1) is 12.3 Å². The Morgan fingerprint density at radius 3 is 2.64 bits per heavy atom. The van der Waals surface area contributed by atoms with Gasteiger partial charge >= 0.3 is 0 Å². The Labute approximate surface area is 69.8 Å². The van der Waals surface area contributed by atoms with Crippen LogP contribution in [0.2, 0.25) is 0 Å². The van der Waals surface area contributed by atoms with Crippen LogP contribution in [-0.4, -0.2) is 24.5 Å². The van der Waals surface area contributed by atoms with Crippen LogP contribution in [0.5, 0.6) is 0 Å². The van der Waals surface area contributed by atoms with E-state index in [1.165, 1.54) is 25.7 Å². The van der Waals surface area contributed by atoms with E-state index in [2.05, 4.69) is 17.9 Å². The molecule has 0 bridgehead atoms. The van der Waals surface area contributed by atoms with E-state index in [0.717, 1.165) is 19.0 Å². The molecule has 1 heteroatoms. The second kappa shape index (κ2) is 4.41. The average Bonchev–Trinajstić information content (AvgIpc) is 2.52. The molecule has 1 fully saturated rings. The minimum Gasteiger partial charge on any atom is -0.302 e. The molecule has 11 heavy (non-hydrogen) atoms. The van der Waals surface area contributed by atoms with E-state index < -0.39 is 0 Å². The van der Waals surface area contributed by atoms with Crippen molar-refractivity contribution in [2.45, 2.75) is 38.1 Å². The standard InChI is InChI=1S/C10H17N/c1-3-4-9-11(2)10-7-5-6-8-10/h1,10H,4-9H2,2H3. The molecule has 62 valence electrons. The number of terminal acetylenes is 1. The minimum absolute atomic E-state index is 0.823. The highest BCUT2D eigenvalue weighted by Crippen LogP contribution is 2.22.